The Labute approximate surface area is 224 Å². The fourth-order valence-corrected chi connectivity index (χ4v) is 4.81. The molecule has 0 aliphatic heterocycles. The van der Waals surface area contributed by atoms with Crippen molar-refractivity contribution in [2.45, 2.75) is 77.2 Å². The molecule has 0 heterocycles. The summed E-state index contributed by atoms with van der Waals surface area (Å²) >= 11 is 0. The van der Waals surface area contributed by atoms with Gasteiger partial charge in [0, 0.05) is 17.6 Å². The van der Waals surface area contributed by atoms with Gasteiger partial charge in [-0.2, -0.15) is 26.3 Å². The molecular formula is C29H36F6O4. The maximum atomic E-state index is 13.0. The van der Waals surface area contributed by atoms with Crippen LogP contribution in [0.1, 0.15) is 67.3 Å². The molecule has 218 valence electrons. The Hall–Kier alpha value is -2.72. The van der Waals surface area contributed by atoms with E-state index < -0.39 is 35.5 Å². The van der Waals surface area contributed by atoms with Gasteiger partial charge in [-0.3, -0.25) is 0 Å². The molecule has 2 aromatic rings. The summed E-state index contributed by atoms with van der Waals surface area (Å²) in [5, 5.41) is 29.1. The molecule has 0 aliphatic carbocycles. The molecule has 0 saturated heterocycles. The second kappa shape index (κ2) is 13.1. The maximum Gasteiger partial charge on any atom is 0.404 e. The predicted octanol–water partition coefficient (Wildman–Crippen LogP) is 7.56. The van der Waals surface area contributed by atoms with E-state index >= 15 is 0 Å². The summed E-state index contributed by atoms with van der Waals surface area (Å²) in [5.41, 5.74) is 2.28. The minimum absolute atomic E-state index is 0.0150. The van der Waals surface area contributed by atoms with Crippen molar-refractivity contribution in [1.82, 2.24) is 0 Å². The van der Waals surface area contributed by atoms with E-state index in [-0.39, 0.29) is 24.9 Å². The number of allylic oxidation sites excluding steroid dienone is 1. The average molecular weight is 563 g/mol. The van der Waals surface area contributed by atoms with Crippen molar-refractivity contribution in [2.24, 2.45) is 5.92 Å². The van der Waals surface area contributed by atoms with Gasteiger partial charge in [0.05, 0.1) is 6.10 Å². The number of hydrogen-bond donors (Lipinski definition) is 3. The molecule has 2 aromatic carbocycles. The summed E-state index contributed by atoms with van der Waals surface area (Å²) in [4.78, 5) is 0. The Morgan fingerprint density at radius 1 is 0.897 bits per heavy atom. The van der Waals surface area contributed by atoms with Gasteiger partial charge in [-0.15, -0.1) is 0 Å². The number of alkyl halides is 6. The van der Waals surface area contributed by atoms with E-state index in [1.165, 1.54) is 13.0 Å². The minimum atomic E-state index is -5.59. The SMILES string of the molecule is CCC(CC)(c1ccc(OC[C@H](O)CCCO)c(C)c1)c1ccc(C(O)=CC(C(F)(F)F)C(F)(F)F)c(C)c1. The molecule has 1 atom stereocenters. The molecule has 3 N–H and O–H groups in total. The molecule has 0 bridgehead atoms. The first-order chi connectivity index (χ1) is 18.1. The first-order valence-electron chi connectivity index (χ1n) is 12.8. The highest BCUT2D eigenvalue weighted by atomic mass is 19.4. The standard InChI is InChI=1S/C29H36F6O4/c1-5-27(6-2,21-10-12-25(19(4)15-21)39-17-22(37)8-7-13-36)20-9-11-23(18(3)14-20)24(38)16-26(28(30,31)32)29(33,34)35/h9-12,14-16,22,26,36-38H,5-8,13,17H2,1-4H3/t22-/m1/s1. The van der Waals surface area contributed by atoms with Gasteiger partial charge in [-0.1, -0.05) is 44.2 Å². The van der Waals surface area contributed by atoms with E-state index in [1.807, 2.05) is 32.9 Å². The van der Waals surface area contributed by atoms with E-state index in [0.29, 0.717) is 37.0 Å². The summed E-state index contributed by atoms with van der Waals surface area (Å²) in [6.45, 7) is 7.42. The molecule has 0 spiro atoms. The number of benzene rings is 2. The van der Waals surface area contributed by atoms with Crippen LogP contribution in [-0.2, 0) is 5.41 Å². The van der Waals surface area contributed by atoms with Crippen LogP contribution in [0.4, 0.5) is 26.3 Å². The van der Waals surface area contributed by atoms with Gasteiger partial charge in [0.2, 0.25) is 0 Å². The van der Waals surface area contributed by atoms with E-state index in [0.717, 1.165) is 16.7 Å². The third kappa shape index (κ3) is 7.91. The van der Waals surface area contributed by atoms with Crippen LogP contribution < -0.4 is 4.74 Å². The van der Waals surface area contributed by atoms with Crippen LogP contribution in [0.5, 0.6) is 5.75 Å². The topological polar surface area (TPSA) is 69.9 Å². The lowest BCUT2D eigenvalue weighted by Crippen LogP contribution is -2.35. The van der Waals surface area contributed by atoms with Gasteiger partial charge in [-0.05, 0) is 73.9 Å². The number of rotatable bonds is 12. The van der Waals surface area contributed by atoms with Crippen LogP contribution >= 0.6 is 0 Å². The third-order valence-corrected chi connectivity index (χ3v) is 7.15. The van der Waals surface area contributed by atoms with Crippen LogP contribution in [0, 0.1) is 19.8 Å². The fourth-order valence-electron chi connectivity index (χ4n) is 4.81. The number of ether oxygens (including phenoxy) is 1. The van der Waals surface area contributed by atoms with Crippen LogP contribution in [0.2, 0.25) is 0 Å². The minimum Gasteiger partial charge on any atom is -0.508 e. The lowest BCUT2D eigenvalue weighted by Gasteiger charge is -2.34. The Morgan fingerprint density at radius 3 is 1.90 bits per heavy atom. The van der Waals surface area contributed by atoms with Gasteiger partial charge in [0.1, 0.15) is 18.1 Å². The van der Waals surface area contributed by atoms with E-state index in [2.05, 4.69) is 0 Å². The molecule has 0 aliphatic rings. The zero-order valence-corrected chi connectivity index (χ0v) is 22.5. The van der Waals surface area contributed by atoms with Crippen LogP contribution in [0.3, 0.4) is 0 Å². The Balaban J connectivity index is 2.42. The third-order valence-electron chi connectivity index (χ3n) is 7.15. The molecule has 0 radical (unpaired) electrons. The van der Waals surface area contributed by atoms with E-state index in [9.17, 15) is 36.6 Å². The monoisotopic (exact) mass is 562 g/mol. The summed E-state index contributed by atoms with van der Waals surface area (Å²) in [6, 6.07) is 10.3. The van der Waals surface area contributed by atoms with Gasteiger partial charge in [-0.25, -0.2) is 0 Å². The highest BCUT2D eigenvalue weighted by molar-refractivity contribution is 5.63. The number of aryl methyl sites for hydroxylation is 2. The summed E-state index contributed by atoms with van der Waals surface area (Å²) < 4.78 is 83.7. The highest BCUT2D eigenvalue weighted by Gasteiger charge is 2.55. The van der Waals surface area contributed by atoms with Gasteiger partial charge in [0.25, 0.3) is 0 Å². The molecular weight excluding hydrogens is 526 g/mol. The molecule has 0 aromatic heterocycles. The predicted molar refractivity (Wildman–Crippen MR) is 138 cm³/mol. The Morgan fingerprint density at radius 2 is 1.44 bits per heavy atom. The van der Waals surface area contributed by atoms with Crippen LogP contribution in [-0.4, -0.2) is 47.0 Å². The second-order valence-corrected chi connectivity index (χ2v) is 9.74. The normalized spacial score (nSPS) is 14.1. The van der Waals surface area contributed by atoms with Crippen molar-refractivity contribution in [3.8, 4) is 5.75 Å². The van der Waals surface area contributed by atoms with Gasteiger partial charge < -0.3 is 20.1 Å². The molecule has 0 unspecified atom stereocenters. The van der Waals surface area contributed by atoms with Crippen molar-refractivity contribution in [3.05, 3.63) is 70.3 Å². The lowest BCUT2D eigenvalue weighted by atomic mass is 9.70. The maximum absolute atomic E-state index is 13.0. The Kier molecular flexibility index (Phi) is 10.9. The van der Waals surface area contributed by atoms with Crippen molar-refractivity contribution < 1.29 is 46.4 Å². The molecule has 0 saturated carbocycles. The second-order valence-electron chi connectivity index (χ2n) is 9.74. The average Bonchev–Trinajstić information content (AvgIpc) is 2.85. The largest absolute Gasteiger partial charge is 0.508 e. The van der Waals surface area contributed by atoms with Crippen LogP contribution in [0.15, 0.2) is 42.5 Å². The first kappa shape index (κ1) is 32.5. The number of hydrogen-bond acceptors (Lipinski definition) is 4. The zero-order chi connectivity index (χ0) is 29.6. The van der Waals surface area contributed by atoms with Crippen molar-refractivity contribution >= 4 is 5.76 Å². The van der Waals surface area contributed by atoms with Gasteiger partial charge in [0.15, 0.2) is 5.92 Å². The molecule has 39 heavy (non-hydrogen) atoms. The summed E-state index contributed by atoms with van der Waals surface area (Å²) in [5.74, 6) is -4.28. The summed E-state index contributed by atoms with van der Waals surface area (Å²) in [7, 11) is 0. The van der Waals surface area contributed by atoms with Crippen LogP contribution in [0.25, 0.3) is 5.76 Å². The number of aliphatic hydroxyl groups excluding tert-OH is 3. The smallest absolute Gasteiger partial charge is 0.404 e. The molecule has 0 amide bonds. The van der Waals surface area contributed by atoms with E-state index in [1.54, 1.807) is 18.2 Å². The molecule has 0 fully saturated rings. The summed E-state index contributed by atoms with van der Waals surface area (Å²) in [6.07, 6.45) is -9.92. The number of halogens is 6. The quantitative estimate of drug-likeness (QED) is 0.184. The molecule has 4 nitrogen and oxygen atoms in total. The first-order valence-corrected chi connectivity index (χ1v) is 12.8. The number of aliphatic hydroxyl groups is 3. The van der Waals surface area contributed by atoms with Gasteiger partial charge >= 0.3 is 12.4 Å². The fraction of sp³-hybridized carbons (Fsp3) is 0.517. The van der Waals surface area contributed by atoms with Crippen molar-refractivity contribution in [2.75, 3.05) is 13.2 Å². The zero-order valence-electron chi connectivity index (χ0n) is 22.5. The van der Waals surface area contributed by atoms with Crippen molar-refractivity contribution in [1.29, 1.82) is 0 Å². The van der Waals surface area contributed by atoms with E-state index in [4.69, 9.17) is 9.84 Å². The highest BCUT2D eigenvalue weighted by Crippen LogP contribution is 2.43. The Bertz CT molecular complexity index is 1110. The van der Waals surface area contributed by atoms with Crippen molar-refractivity contribution in [3.63, 3.8) is 0 Å². The lowest BCUT2D eigenvalue weighted by molar-refractivity contribution is -0.267. The molecule has 10 heteroatoms. The molecule has 2 rings (SSSR count).